The summed E-state index contributed by atoms with van der Waals surface area (Å²) in [7, 11) is 4.05. The van der Waals surface area contributed by atoms with Gasteiger partial charge in [-0.15, -0.1) is 0 Å². The molecule has 0 amide bonds. The molecule has 3 rings (SSSR count). The quantitative estimate of drug-likeness (QED) is 0.725. The molecule has 24 heavy (non-hydrogen) atoms. The Hall–Kier alpha value is -1.80. The average molecular weight is 323 g/mol. The zero-order valence-electron chi connectivity index (χ0n) is 15.0. The zero-order valence-corrected chi connectivity index (χ0v) is 15.0. The Morgan fingerprint density at radius 3 is 2.50 bits per heavy atom. The second kappa shape index (κ2) is 8.34. The molecule has 1 aliphatic rings. The van der Waals surface area contributed by atoms with Gasteiger partial charge in [-0.25, -0.2) is 0 Å². The van der Waals surface area contributed by atoms with Gasteiger partial charge in [0.15, 0.2) is 0 Å². The van der Waals surface area contributed by atoms with Gasteiger partial charge in [-0.3, -0.25) is 0 Å². The molecule has 1 atom stereocenters. The molecule has 128 valence electrons. The summed E-state index contributed by atoms with van der Waals surface area (Å²) in [6, 6.07) is 18.1. The van der Waals surface area contributed by atoms with Crippen molar-refractivity contribution in [2.24, 2.45) is 0 Å². The van der Waals surface area contributed by atoms with Gasteiger partial charge in [-0.05, 0) is 80.9 Å². The normalized spacial score (nSPS) is 17.4. The van der Waals surface area contributed by atoms with Crippen LogP contribution in [0.25, 0.3) is 0 Å². The number of hydrogen-bond acceptors (Lipinski definition) is 2. The molecule has 0 saturated carbocycles. The lowest BCUT2D eigenvalue weighted by atomic mass is 10.0. The van der Waals surface area contributed by atoms with Crippen molar-refractivity contribution in [2.45, 2.75) is 44.6 Å². The van der Waals surface area contributed by atoms with Gasteiger partial charge in [0.1, 0.15) is 5.75 Å². The number of methoxy groups -OCH3 is 1. The van der Waals surface area contributed by atoms with E-state index >= 15 is 0 Å². The SMILES string of the molecule is COc1ccc2c(c1)CC[C@@H](N(C)CCCc1ccccc1)CC2. The summed E-state index contributed by atoms with van der Waals surface area (Å²) in [5.74, 6) is 0.989. The maximum absolute atomic E-state index is 5.38. The molecule has 2 heteroatoms. The molecule has 2 nitrogen and oxygen atoms in total. The summed E-state index contributed by atoms with van der Waals surface area (Å²) in [6.45, 7) is 1.18. The van der Waals surface area contributed by atoms with E-state index in [0.29, 0.717) is 6.04 Å². The Labute approximate surface area is 146 Å². The highest BCUT2D eigenvalue weighted by molar-refractivity contribution is 5.36. The van der Waals surface area contributed by atoms with Gasteiger partial charge in [0.2, 0.25) is 0 Å². The molecule has 0 unspecified atom stereocenters. The third kappa shape index (κ3) is 4.39. The molecule has 2 aromatic rings. The smallest absolute Gasteiger partial charge is 0.119 e. The van der Waals surface area contributed by atoms with E-state index in [1.54, 1.807) is 7.11 Å². The van der Waals surface area contributed by atoms with Crippen LogP contribution in [0, 0.1) is 0 Å². The van der Waals surface area contributed by atoms with Crippen LogP contribution in [-0.2, 0) is 19.3 Å². The topological polar surface area (TPSA) is 12.5 Å². The largest absolute Gasteiger partial charge is 0.497 e. The van der Waals surface area contributed by atoms with Crippen molar-refractivity contribution in [3.63, 3.8) is 0 Å². The van der Waals surface area contributed by atoms with Gasteiger partial charge in [0.05, 0.1) is 7.11 Å². The number of fused-ring (bicyclic) bond motifs is 1. The van der Waals surface area contributed by atoms with E-state index in [9.17, 15) is 0 Å². The molecule has 2 aromatic carbocycles. The molecular formula is C22H29NO. The van der Waals surface area contributed by atoms with Crippen LogP contribution in [0.15, 0.2) is 48.5 Å². The summed E-state index contributed by atoms with van der Waals surface area (Å²) in [5, 5.41) is 0. The first kappa shape index (κ1) is 17.0. The number of benzene rings is 2. The van der Waals surface area contributed by atoms with Gasteiger partial charge in [-0.2, -0.15) is 0 Å². The number of hydrogen-bond donors (Lipinski definition) is 0. The third-order valence-corrected chi connectivity index (χ3v) is 5.35. The van der Waals surface area contributed by atoms with Crippen LogP contribution in [0.5, 0.6) is 5.75 Å². The summed E-state index contributed by atoms with van der Waals surface area (Å²) >= 11 is 0. The predicted octanol–water partition coefficient (Wildman–Crippen LogP) is 4.51. The van der Waals surface area contributed by atoms with Crippen molar-refractivity contribution in [1.29, 1.82) is 0 Å². The Kier molecular flexibility index (Phi) is 5.92. The maximum Gasteiger partial charge on any atom is 0.119 e. The van der Waals surface area contributed by atoms with Crippen LogP contribution in [-0.4, -0.2) is 31.6 Å². The van der Waals surface area contributed by atoms with E-state index in [-0.39, 0.29) is 0 Å². The van der Waals surface area contributed by atoms with Crippen molar-refractivity contribution < 1.29 is 4.74 Å². The predicted molar refractivity (Wildman–Crippen MR) is 101 cm³/mol. The molecule has 0 radical (unpaired) electrons. The second-order valence-electron chi connectivity index (χ2n) is 6.94. The van der Waals surface area contributed by atoms with Crippen molar-refractivity contribution in [3.8, 4) is 5.75 Å². The molecular weight excluding hydrogens is 294 g/mol. The van der Waals surface area contributed by atoms with Gasteiger partial charge in [0.25, 0.3) is 0 Å². The van der Waals surface area contributed by atoms with Crippen LogP contribution in [0.2, 0.25) is 0 Å². The van der Waals surface area contributed by atoms with Crippen molar-refractivity contribution in [3.05, 3.63) is 65.2 Å². The summed E-state index contributed by atoms with van der Waals surface area (Å²) in [4.78, 5) is 2.58. The van der Waals surface area contributed by atoms with Crippen LogP contribution < -0.4 is 4.74 Å². The minimum atomic E-state index is 0.694. The first-order chi connectivity index (χ1) is 11.8. The third-order valence-electron chi connectivity index (χ3n) is 5.35. The Morgan fingerprint density at radius 2 is 1.75 bits per heavy atom. The van der Waals surface area contributed by atoms with Gasteiger partial charge in [0, 0.05) is 6.04 Å². The first-order valence-corrected chi connectivity index (χ1v) is 9.16. The molecule has 0 bridgehead atoms. The first-order valence-electron chi connectivity index (χ1n) is 9.16. The lowest BCUT2D eigenvalue weighted by Crippen LogP contribution is -2.33. The monoisotopic (exact) mass is 323 g/mol. The second-order valence-corrected chi connectivity index (χ2v) is 6.94. The Balaban J connectivity index is 1.51. The fraction of sp³-hybridized carbons (Fsp3) is 0.455. The molecule has 0 heterocycles. The van der Waals surface area contributed by atoms with Crippen LogP contribution in [0.4, 0.5) is 0 Å². The van der Waals surface area contributed by atoms with Crippen molar-refractivity contribution in [2.75, 3.05) is 20.7 Å². The Morgan fingerprint density at radius 1 is 1.00 bits per heavy atom. The van der Waals surface area contributed by atoms with Crippen molar-refractivity contribution in [1.82, 2.24) is 4.90 Å². The van der Waals surface area contributed by atoms with E-state index in [1.165, 1.54) is 61.8 Å². The fourth-order valence-corrected chi connectivity index (χ4v) is 3.80. The highest BCUT2D eigenvalue weighted by atomic mass is 16.5. The van der Waals surface area contributed by atoms with Gasteiger partial charge in [-0.1, -0.05) is 36.4 Å². The molecule has 0 spiro atoms. The van der Waals surface area contributed by atoms with E-state index in [2.05, 4.69) is 60.5 Å². The lowest BCUT2D eigenvalue weighted by molar-refractivity contribution is 0.220. The van der Waals surface area contributed by atoms with Crippen molar-refractivity contribution >= 4 is 0 Å². The van der Waals surface area contributed by atoms with Crippen LogP contribution >= 0.6 is 0 Å². The summed E-state index contributed by atoms with van der Waals surface area (Å²) < 4.78 is 5.38. The molecule has 0 aliphatic heterocycles. The van der Waals surface area contributed by atoms with E-state index in [4.69, 9.17) is 4.74 Å². The van der Waals surface area contributed by atoms with Gasteiger partial charge >= 0.3 is 0 Å². The van der Waals surface area contributed by atoms with Crippen LogP contribution in [0.1, 0.15) is 36.0 Å². The average Bonchev–Trinajstić information content (AvgIpc) is 2.84. The van der Waals surface area contributed by atoms with E-state index in [1.807, 2.05) is 0 Å². The standard InChI is InChI=1S/C22H29NO/c1-23(16-6-9-18-7-4-3-5-8-18)21-13-10-19-12-15-22(24-2)17-20(19)11-14-21/h3-5,7-8,12,15,17,21H,6,9-11,13-14,16H2,1-2H3/t21-/m0/s1. The molecule has 0 aromatic heterocycles. The number of aryl methyl sites for hydroxylation is 3. The van der Waals surface area contributed by atoms with Crippen LogP contribution in [0.3, 0.4) is 0 Å². The minimum Gasteiger partial charge on any atom is -0.497 e. The Bertz CT molecular complexity index is 638. The number of ether oxygens (including phenoxy) is 1. The highest BCUT2D eigenvalue weighted by Crippen LogP contribution is 2.26. The fourth-order valence-electron chi connectivity index (χ4n) is 3.80. The zero-order chi connectivity index (χ0) is 16.8. The molecule has 0 saturated heterocycles. The van der Waals surface area contributed by atoms with E-state index in [0.717, 1.165) is 5.75 Å². The van der Waals surface area contributed by atoms with E-state index < -0.39 is 0 Å². The minimum absolute atomic E-state index is 0.694. The molecule has 1 aliphatic carbocycles. The highest BCUT2D eigenvalue weighted by Gasteiger charge is 2.19. The summed E-state index contributed by atoms with van der Waals surface area (Å²) in [6.07, 6.45) is 7.28. The molecule has 0 N–H and O–H groups in total. The lowest BCUT2D eigenvalue weighted by Gasteiger charge is -2.27. The van der Waals surface area contributed by atoms with Gasteiger partial charge < -0.3 is 9.64 Å². The maximum atomic E-state index is 5.38. The molecule has 0 fully saturated rings. The number of nitrogens with zero attached hydrogens (tertiary/aromatic N) is 1. The number of rotatable bonds is 6. The summed E-state index contributed by atoms with van der Waals surface area (Å²) in [5.41, 5.74) is 4.44.